The van der Waals surface area contributed by atoms with Crippen molar-refractivity contribution in [3.8, 4) is 0 Å². The lowest BCUT2D eigenvalue weighted by atomic mass is 10.1. The van der Waals surface area contributed by atoms with Crippen LogP contribution in [0.3, 0.4) is 0 Å². The van der Waals surface area contributed by atoms with Crippen molar-refractivity contribution in [1.82, 2.24) is 4.98 Å². The van der Waals surface area contributed by atoms with Crippen molar-refractivity contribution in [2.75, 3.05) is 31.2 Å². The molecular weight excluding hydrogens is 272 g/mol. The molecule has 1 aromatic carbocycles. The minimum atomic E-state index is 0. The van der Waals surface area contributed by atoms with Gasteiger partial charge in [0.2, 0.25) is 0 Å². The second-order valence-corrected chi connectivity index (χ2v) is 5.36. The van der Waals surface area contributed by atoms with E-state index in [4.69, 9.17) is 9.72 Å². The van der Waals surface area contributed by atoms with Gasteiger partial charge < -0.3 is 9.64 Å². The second-order valence-electron chi connectivity index (χ2n) is 5.36. The van der Waals surface area contributed by atoms with Gasteiger partial charge in [0, 0.05) is 24.2 Å². The Kier molecular flexibility index (Phi) is 3.81. The summed E-state index contributed by atoms with van der Waals surface area (Å²) in [7, 11) is 0. The molecule has 2 aliphatic rings. The molecule has 0 saturated carbocycles. The molecule has 1 aliphatic heterocycles. The Bertz CT molecular complexity index is 623. The van der Waals surface area contributed by atoms with E-state index in [0.717, 1.165) is 38.2 Å². The Morgan fingerprint density at radius 3 is 2.70 bits per heavy atom. The lowest BCUT2D eigenvalue weighted by molar-refractivity contribution is 0.123. The van der Waals surface area contributed by atoms with E-state index in [9.17, 15) is 0 Å². The van der Waals surface area contributed by atoms with Gasteiger partial charge in [-0.05, 0) is 30.9 Å². The van der Waals surface area contributed by atoms with Crippen LogP contribution in [0.25, 0.3) is 10.9 Å². The van der Waals surface area contributed by atoms with Crippen LogP contribution in [0.5, 0.6) is 0 Å². The van der Waals surface area contributed by atoms with Crippen LogP contribution in [0.2, 0.25) is 0 Å². The van der Waals surface area contributed by atoms with Crippen LogP contribution >= 0.6 is 12.4 Å². The molecule has 1 aromatic heterocycles. The molecule has 4 heteroatoms. The number of benzene rings is 1. The monoisotopic (exact) mass is 290 g/mol. The van der Waals surface area contributed by atoms with E-state index >= 15 is 0 Å². The molecule has 1 aliphatic carbocycles. The zero-order chi connectivity index (χ0) is 12.7. The number of anilines is 1. The third kappa shape index (κ3) is 2.15. The molecule has 20 heavy (non-hydrogen) atoms. The summed E-state index contributed by atoms with van der Waals surface area (Å²) >= 11 is 0. The van der Waals surface area contributed by atoms with Crippen LogP contribution in [0.4, 0.5) is 5.69 Å². The molecule has 0 radical (unpaired) electrons. The van der Waals surface area contributed by atoms with Crippen molar-refractivity contribution in [3.63, 3.8) is 0 Å². The molecule has 1 fully saturated rings. The van der Waals surface area contributed by atoms with Crippen molar-refractivity contribution in [3.05, 3.63) is 35.5 Å². The standard InChI is InChI=1S/C16H18N2O.ClH/c1-2-6-14-12(4-1)16(18-8-10-19-11-9-18)13-5-3-7-15(13)17-14;/h1-2,4,6H,3,5,7-11H2;1H. The summed E-state index contributed by atoms with van der Waals surface area (Å²) in [4.78, 5) is 7.35. The Labute approximate surface area is 125 Å². The fraction of sp³-hybridized carbons (Fsp3) is 0.438. The van der Waals surface area contributed by atoms with Crippen molar-refractivity contribution < 1.29 is 4.74 Å². The fourth-order valence-electron chi connectivity index (χ4n) is 3.33. The van der Waals surface area contributed by atoms with E-state index in [0.29, 0.717) is 0 Å². The van der Waals surface area contributed by atoms with Crippen molar-refractivity contribution in [2.45, 2.75) is 19.3 Å². The Morgan fingerprint density at radius 2 is 1.85 bits per heavy atom. The van der Waals surface area contributed by atoms with E-state index in [1.165, 1.54) is 35.2 Å². The molecule has 106 valence electrons. The lowest BCUT2D eigenvalue weighted by Crippen LogP contribution is -2.37. The number of hydrogen-bond acceptors (Lipinski definition) is 3. The SMILES string of the molecule is Cl.c1ccc2c(N3CCOCC3)c3c(nc2c1)CCC3. The zero-order valence-electron chi connectivity index (χ0n) is 11.5. The summed E-state index contributed by atoms with van der Waals surface area (Å²) < 4.78 is 5.50. The van der Waals surface area contributed by atoms with E-state index in [1.54, 1.807) is 0 Å². The third-order valence-electron chi connectivity index (χ3n) is 4.22. The number of pyridine rings is 1. The molecule has 0 amide bonds. The van der Waals surface area contributed by atoms with Crippen LogP contribution in [-0.2, 0) is 17.6 Å². The average Bonchev–Trinajstić information content (AvgIpc) is 2.93. The topological polar surface area (TPSA) is 25.4 Å². The first-order valence-electron chi connectivity index (χ1n) is 7.17. The van der Waals surface area contributed by atoms with Crippen LogP contribution in [0.1, 0.15) is 17.7 Å². The summed E-state index contributed by atoms with van der Waals surface area (Å²) in [5.74, 6) is 0. The first-order valence-corrected chi connectivity index (χ1v) is 7.17. The minimum Gasteiger partial charge on any atom is -0.378 e. The van der Waals surface area contributed by atoms with Gasteiger partial charge in [0.1, 0.15) is 0 Å². The number of morpholine rings is 1. The normalized spacial score (nSPS) is 17.9. The third-order valence-corrected chi connectivity index (χ3v) is 4.22. The molecule has 4 rings (SSSR count). The fourth-order valence-corrected chi connectivity index (χ4v) is 3.33. The highest BCUT2D eigenvalue weighted by molar-refractivity contribution is 5.94. The highest BCUT2D eigenvalue weighted by Gasteiger charge is 2.24. The van der Waals surface area contributed by atoms with E-state index in [2.05, 4.69) is 29.2 Å². The van der Waals surface area contributed by atoms with Gasteiger partial charge in [-0.25, -0.2) is 0 Å². The zero-order valence-corrected chi connectivity index (χ0v) is 12.3. The number of hydrogen-bond donors (Lipinski definition) is 0. The first-order chi connectivity index (χ1) is 9.43. The number of rotatable bonds is 1. The first kappa shape index (κ1) is 13.7. The van der Waals surface area contributed by atoms with Crippen LogP contribution in [-0.4, -0.2) is 31.3 Å². The largest absolute Gasteiger partial charge is 0.378 e. The second kappa shape index (κ2) is 5.58. The van der Waals surface area contributed by atoms with Gasteiger partial charge in [-0.3, -0.25) is 4.98 Å². The number of nitrogens with zero attached hydrogens (tertiary/aromatic N) is 2. The maximum atomic E-state index is 5.50. The predicted octanol–water partition coefficient (Wildman–Crippen LogP) is 2.98. The molecule has 0 bridgehead atoms. The van der Waals surface area contributed by atoms with Crippen LogP contribution < -0.4 is 4.90 Å². The van der Waals surface area contributed by atoms with Gasteiger partial charge in [0.25, 0.3) is 0 Å². The van der Waals surface area contributed by atoms with E-state index in [1.807, 2.05) is 0 Å². The van der Waals surface area contributed by atoms with Crippen molar-refractivity contribution in [2.24, 2.45) is 0 Å². The highest BCUT2D eigenvalue weighted by atomic mass is 35.5. The van der Waals surface area contributed by atoms with Crippen LogP contribution in [0, 0.1) is 0 Å². The minimum absolute atomic E-state index is 0. The number of para-hydroxylation sites is 1. The summed E-state index contributed by atoms with van der Waals surface area (Å²) in [5.41, 5.74) is 5.38. The number of aromatic nitrogens is 1. The van der Waals surface area contributed by atoms with Gasteiger partial charge in [-0.2, -0.15) is 0 Å². The van der Waals surface area contributed by atoms with Gasteiger partial charge in [-0.15, -0.1) is 12.4 Å². The maximum Gasteiger partial charge on any atom is 0.0726 e. The summed E-state index contributed by atoms with van der Waals surface area (Å²) in [6.45, 7) is 3.68. The molecule has 0 unspecified atom stereocenters. The molecule has 2 aromatic rings. The Hall–Kier alpha value is -1.32. The molecule has 3 nitrogen and oxygen atoms in total. The number of fused-ring (bicyclic) bond motifs is 2. The quantitative estimate of drug-likeness (QED) is 0.807. The molecular formula is C16H19ClN2O. The van der Waals surface area contributed by atoms with Crippen molar-refractivity contribution >= 4 is 29.0 Å². The molecule has 0 spiro atoms. The van der Waals surface area contributed by atoms with E-state index in [-0.39, 0.29) is 12.4 Å². The average molecular weight is 291 g/mol. The number of halogens is 1. The van der Waals surface area contributed by atoms with E-state index < -0.39 is 0 Å². The number of ether oxygens (including phenoxy) is 1. The van der Waals surface area contributed by atoms with Crippen LogP contribution in [0.15, 0.2) is 24.3 Å². The lowest BCUT2D eigenvalue weighted by Gasteiger charge is -2.31. The highest BCUT2D eigenvalue weighted by Crippen LogP contribution is 2.36. The molecule has 2 heterocycles. The molecule has 0 N–H and O–H groups in total. The molecule has 1 saturated heterocycles. The van der Waals surface area contributed by atoms with Gasteiger partial charge in [0.15, 0.2) is 0 Å². The number of aryl methyl sites for hydroxylation is 1. The Balaban J connectivity index is 0.00000121. The van der Waals surface area contributed by atoms with Crippen molar-refractivity contribution in [1.29, 1.82) is 0 Å². The maximum absolute atomic E-state index is 5.50. The molecule has 0 atom stereocenters. The summed E-state index contributed by atoms with van der Waals surface area (Å²) in [6.07, 6.45) is 3.56. The predicted molar refractivity (Wildman–Crippen MR) is 84.0 cm³/mol. The van der Waals surface area contributed by atoms with Gasteiger partial charge >= 0.3 is 0 Å². The summed E-state index contributed by atoms with van der Waals surface area (Å²) in [6, 6.07) is 8.55. The van der Waals surface area contributed by atoms with Gasteiger partial charge in [0.05, 0.1) is 24.4 Å². The smallest absolute Gasteiger partial charge is 0.0726 e. The summed E-state index contributed by atoms with van der Waals surface area (Å²) in [5, 5.41) is 1.31. The van der Waals surface area contributed by atoms with Gasteiger partial charge in [-0.1, -0.05) is 18.2 Å². The Morgan fingerprint density at radius 1 is 1.05 bits per heavy atom.